The number of aliphatic carboxylic acids is 1. The summed E-state index contributed by atoms with van der Waals surface area (Å²) in [4.78, 5) is 10.3. The Labute approximate surface area is 95.1 Å². The van der Waals surface area contributed by atoms with Gasteiger partial charge in [-0.25, -0.2) is 9.18 Å². The average molecular weight is 246 g/mol. The predicted octanol–water partition coefficient (Wildman–Crippen LogP) is 2.83. The molecule has 1 aromatic rings. The number of alkyl halides is 2. The summed E-state index contributed by atoms with van der Waals surface area (Å²) in [5.41, 5.74) is 0.357. The minimum absolute atomic E-state index is 0.122. The summed E-state index contributed by atoms with van der Waals surface area (Å²) in [6.07, 6.45) is 1.69. The van der Waals surface area contributed by atoms with Gasteiger partial charge in [-0.05, 0) is 30.7 Å². The summed E-state index contributed by atoms with van der Waals surface area (Å²) >= 11 is 0. The molecule has 0 fully saturated rings. The molecule has 0 saturated heterocycles. The van der Waals surface area contributed by atoms with E-state index in [1.165, 1.54) is 6.07 Å². The first kappa shape index (κ1) is 13.1. The maximum atomic E-state index is 13.6. The van der Waals surface area contributed by atoms with Crippen molar-refractivity contribution in [2.45, 2.75) is 13.5 Å². The van der Waals surface area contributed by atoms with Crippen molar-refractivity contribution in [1.82, 2.24) is 0 Å². The average Bonchev–Trinajstić information content (AvgIpc) is 2.19. The largest absolute Gasteiger partial charge is 0.478 e. The molecule has 0 spiro atoms. The first-order valence-electron chi connectivity index (χ1n) is 4.56. The minimum atomic E-state index is -3.14. The van der Waals surface area contributed by atoms with Gasteiger partial charge in [0.25, 0.3) is 0 Å². The van der Waals surface area contributed by atoms with E-state index in [2.05, 4.69) is 4.74 Å². The number of benzene rings is 1. The van der Waals surface area contributed by atoms with Gasteiger partial charge in [-0.15, -0.1) is 0 Å². The zero-order valence-electron chi connectivity index (χ0n) is 8.78. The number of hydrogen-bond acceptors (Lipinski definition) is 2. The van der Waals surface area contributed by atoms with Crippen molar-refractivity contribution in [2.75, 3.05) is 0 Å². The van der Waals surface area contributed by atoms with E-state index in [-0.39, 0.29) is 5.56 Å². The molecule has 17 heavy (non-hydrogen) atoms. The normalized spacial score (nSPS) is 11.1. The van der Waals surface area contributed by atoms with Crippen LogP contribution >= 0.6 is 0 Å². The number of carboxylic acids is 1. The highest BCUT2D eigenvalue weighted by molar-refractivity contribution is 5.85. The lowest BCUT2D eigenvalue weighted by atomic mass is 10.1. The molecular weight excluding hydrogens is 237 g/mol. The van der Waals surface area contributed by atoms with Crippen molar-refractivity contribution in [1.29, 1.82) is 0 Å². The highest BCUT2D eigenvalue weighted by atomic mass is 19.3. The van der Waals surface area contributed by atoms with Gasteiger partial charge in [0, 0.05) is 11.6 Å². The summed E-state index contributed by atoms with van der Waals surface area (Å²) in [5.74, 6) is -2.89. The Bertz CT molecular complexity index is 456. The number of carboxylic acid groups (broad SMARTS) is 1. The molecule has 0 amide bonds. The number of ether oxygens (including phenoxy) is 1. The molecule has 0 aliphatic heterocycles. The second-order valence-electron chi connectivity index (χ2n) is 3.22. The van der Waals surface area contributed by atoms with Gasteiger partial charge in [0.05, 0.1) is 0 Å². The van der Waals surface area contributed by atoms with Gasteiger partial charge >= 0.3 is 12.6 Å². The van der Waals surface area contributed by atoms with Gasteiger partial charge in [0.15, 0.2) is 11.6 Å². The van der Waals surface area contributed by atoms with Crippen LogP contribution in [0.3, 0.4) is 0 Å². The molecule has 1 N–H and O–H groups in total. The molecule has 0 saturated carbocycles. The lowest BCUT2D eigenvalue weighted by Gasteiger charge is -2.08. The molecule has 3 nitrogen and oxygen atoms in total. The van der Waals surface area contributed by atoms with Crippen LogP contribution in [0.4, 0.5) is 13.2 Å². The van der Waals surface area contributed by atoms with E-state index in [4.69, 9.17) is 5.11 Å². The van der Waals surface area contributed by atoms with Crippen LogP contribution < -0.4 is 4.74 Å². The fraction of sp³-hybridized carbons (Fsp3) is 0.182. The van der Waals surface area contributed by atoms with E-state index in [0.29, 0.717) is 11.6 Å². The number of hydrogen-bond donors (Lipinski definition) is 1. The first-order chi connectivity index (χ1) is 7.90. The number of carbonyl (C=O) groups is 1. The molecule has 0 aliphatic carbocycles. The number of aryl methyl sites for hydroxylation is 1. The Balaban J connectivity index is 3.14. The van der Waals surface area contributed by atoms with Gasteiger partial charge in [-0.1, -0.05) is 0 Å². The zero-order valence-corrected chi connectivity index (χ0v) is 8.78. The smallest absolute Gasteiger partial charge is 0.387 e. The van der Waals surface area contributed by atoms with E-state index < -0.39 is 24.1 Å². The third kappa shape index (κ3) is 3.82. The van der Waals surface area contributed by atoms with E-state index in [9.17, 15) is 18.0 Å². The van der Waals surface area contributed by atoms with Gasteiger partial charge in [0.1, 0.15) is 0 Å². The Hall–Kier alpha value is -1.98. The van der Waals surface area contributed by atoms with Crippen LogP contribution in [0.25, 0.3) is 6.08 Å². The Morgan fingerprint density at radius 1 is 1.47 bits per heavy atom. The van der Waals surface area contributed by atoms with Crippen LogP contribution in [-0.2, 0) is 4.79 Å². The highest BCUT2D eigenvalue weighted by Crippen LogP contribution is 2.25. The second kappa shape index (κ2) is 5.38. The van der Waals surface area contributed by atoms with Crippen LogP contribution in [0.1, 0.15) is 11.1 Å². The topological polar surface area (TPSA) is 46.5 Å². The summed E-state index contributed by atoms with van der Waals surface area (Å²) in [7, 11) is 0. The molecular formula is C11H9F3O3. The SMILES string of the molecule is Cc1cc(/C=C/C(=O)O)c(F)c(OC(F)F)c1. The molecule has 0 aliphatic rings. The first-order valence-corrected chi connectivity index (χ1v) is 4.56. The van der Waals surface area contributed by atoms with Crippen molar-refractivity contribution in [3.8, 4) is 5.75 Å². The van der Waals surface area contributed by atoms with Crippen molar-refractivity contribution in [3.05, 3.63) is 35.2 Å². The third-order valence-corrected chi connectivity index (χ3v) is 1.83. The Kier molecular flexibility index (Phi) is 4.14. The molecule has 1 aromatic carbocycles. The lowest BCUT2D eigenvalue weighted by Crippen LogP contribution is -2.05. The summed E-state index contributed by atoms with van der Waals surface area (Å²) in [5, 5.41) is 8.39. The van der Waals surface area contributed by atoms with Gasteiger partial charge in [-0.2, -0.15) is 8.78 Å². The van der Waals surface area contributed by atoms with Crippen LogP contribution in [0.15, 0.2) is 18.2 Å². The van der Waals surface area contributed by atoms with E-state index in [1.54, 1.807) is 6.92 Å². The fourth-order valence-corrected chi connectivity index (χ4v) is 1.23. The van der Waals surface area contributed by atoms with Crippen LogP contribution in [0.5, 0.6) is 5.75 Å². The zero-order chi connectivity index (χ0) is 13.0. The van der Waals surface area contributed by atoms with Crippen molar-refractivity contribution < 1.29 is 27.8 Å². The van der Waals surface area contributed by atoms with Crippen molar-refractivity contribution in [2.24, 2.45) is 0 Å². The Morgan fingerprint density at radius 2 is 2.12 bits per heavy atom. The predicted molar refractivity (Wildman–Crippen MR) is 54.4 cm³/mol. The maximum absolute atomic E-state index is 13.6. The van der Waals surface area contributed by atoms with E-state index in [0.717, 1.165) is 12.1 Å². The van der Waals surface area contributed by atoms with E-state index >= 15 is 0 Å². The molecule has 0 aromatic heterocycles. The molecule has 0 unspecified atom stereocenters. The molecule has 92 valence electrons. The van der Waals surface area contributed by atoms with Crippen molar-refractivity contribution in [3.63, 3.8) is 0 Å². The van der Waals surface area contributed by atoms with E-state index in [1.807, 2.05) is 0 Å². The lowest BCUT2D eigenvalue weighted by molar-refractivity contribution is -0.131. The standard InChI is InChI=1S/C11H9F3O3/c1-6-4-7(2-3-9(15)16)10(12)8(5-6)17-11(13)14/h2-5,11H,1H3,(H,15,16)/b3-2+. The van der Waals surface area contributed by atoms with Crippen molar-refractivity contribution >= 4 is 12.0 Å². The van der Waals surface area contributed by atoms with Crippen LogP contribution in [0, 0.1) is 12.7 Å². The minimum Gasteiger partial charge on any atom is -0.478 e. The molecule has 0 bridgehead atoms. The van der Waals surface area contributed by atoms with Gasteiger partial charge in [-0.3, -0.25) is 0 Å². The summed E-state index contributed by atoms with van der Waals surface area (Å²) in [6, 6.07) is 2.44. The van der Waals surface area contributed by atoms with Gasteiger partial charge in [0.2, 0.25) is 0 Å². The molecule has 0 radical (unpaired) electrons. The van der Waals surface area contributed by atoms with Gasteiger partial charge < -0.3 is 9.84 Å². The monoisotopic (exact) mass is 246 g/mol. The number of rotatable bonds is 4. The molecule has 0 heterocycles. The maximum Gasteiger partial charge on any atom is 0.387 e. The fourth-order valence-electron chi connectivity index (χ4n) is 1.23. The third-order valence-electron chi connectivity index (χ3n) is 1.83. The quantitative estimate of drug-likeness (QED) is 0.831. The summed E-state index contributed by atoms with van der Waals surface area (Å²) in [6.45, 7) is -1.59. The van der Waals surface area contributed by atoms with Crippen LogP contribution in [-0.4, -0.2) is 17.7 Å². The summed E-state index contributed by atoms with van der Waals surface area (Å²) < 4.78 is 41.5. The number of halogens is 3. The molecule has 1 rings (SSSR count). The highest BCUT2D eigenvalue weighted by Gasteiger charge is 2.13. The second-order valence-corrected chi connectivity index (χ2v) is 3.22. The Morgan fingerprint density at radius 3 is 2.65 bits per heavy atom. The van der Waals surface area contributed by atoms with Crippen LogP contribution in [0.2, 0.25) is 0 Å². The molecule has 0 atom stereocenters. The molecule has 6 heteroatoms.